The molecule has 1 aromatic carbocycles. The lowest BCUT2D eigenvalue weighted by Crippen LogP contribution is -2.34. The predicted octanol–water partition coefficient (Wildman–Crippen LogP) is 5.17. The Bertz CT molecular complexity index is 815. The minimum Gasteiger partial charge on any atom is -0.455 e. The van der Waals surface area contributed by atoms with E-state index in [1.165, 1.54) is 12.1 Å². The fourth-order valence-corrected chi connectivity index (χ4v) is 5.31. The Morgan fingerprint density at radius 2 is 2.14 bits per heavy atom. The van der Waals surface area contributed by atoms with Crippen molar-refractivity contribution >= 4 is 28.9 Å². The molecule has 1 saturated heterocycles. The number of alkyl halides is 1. The second-order valence-corrected chi connectivity index (χ2v) is 9.35. The molecular weight excluding hydrogens is 397 g/mol. The molecule has 4 rings (SSSR count). The minimum absolute atomic E-state index is 0.127. The first-order chi connectivity index (χ1) is 13.6. The van der Waals surface area contributed by atoms with Crippen LogP contribution in [0.4, 0.5) is 4.39 Å². The molecule has 28 heavy (non-hydrogen) atoms. The summed E-state index contributed by atoms with van der Waals surface area (Å²) in [4.78, 5) is 3.52. The SMILES string of the molecule is OCCC1CCN(CCC=C2C3=C(C=CC(Cl)S3)Oc3cc(F)ccc32)CC1. The summed E-state index contributed by atoms with van der Waals surface area (Å²) in [5, 5.41) is 9.11. The van der Waals surface area contributed by atoms with Gasteiger partial charge < -0.3 is 14.7 Å². The second-order valence-electron chi connectivity index (χ2n) is 7.47. The van der Waals surface area contributed by atoms with Gasteiger partial charge in [0.2, 0.25) is 0 Å². The van der Waals surface area contributed by atoms with Crippen LogP contribution in [0.3, 0.4) is 0 Å². The Morgan fingerprint density at radius 1 is 1.32 bits per heavy atom. The van der Waals surface area contributed by atoms with Gasteiger partial charge in [-0.3, -0.25) is 0 Å². The minimum atomic E-state index is -0.296. The van der Waals surface area contributed by atoms with Crippen LogP contribution in [0.15, 0.2) is 47.1 Å². The van der Waals surface area contributed by atoms with Crippen molar-refractivity contribution in [2.45, 2.75) is 30.4 Å². The zero-order valence-corrected chi connectivity index (χ0v) is 17.3. The van der Waals surface area contributed by atoms with Crippen LogP contribution in [0.1, 0.15) is 31.2 Å². The summed E-state index contributed by atoms with van der Waals surface area (Å²) in [6.45, 7) is 3.48. The van der Waals surface area contributed by atoms with Gasteiger partial charge in [0.15, 0.2) is 0 Å². The second kappa shape index (κ2) is 9.04. The van der Waals surface area contributed by atoms with Gasteiger partial charge in [-0.1, -0.05) is 23.9 Å². The number of aliphatic hydroxyl groups excluding tert-OH is 1. The molecule has 0 aromatic heterocycles. The number of likely N-dealkylation sites (tertiary alicyclic amines) is 1. The van der Waals surface area contributed by atoms with E-state index < -0.39 is 0 Å². The van der Waals surface area contributed by atoms with Gasteiger partial charge in [-0.05, 0) is 68.5 Å². The quantitative estimate of drug-likeness (QED) is 0.665. The molecule has 1 aromatic rings. The molecule has 6 heteroatoms. The molecule has 0 saturated carbocycles. The third-order valence-corrected chi connectivity index (χ3v) is 7.04. The molecule has 0 bridgehead atoms. The number of hydrogen-bond donors (Lipinski definition) is 1. The van der Waals surface area contributed by atoms with E-state index in [9.17, 15) is 4.39 Å². The third-order valence-electron chi connectivity index (χ3n) is 5.59. The Morgan fingerprint density at radius 3 is 2.93 bits per heavy atom. The van der Waals surface area contributed by atoms with E-state index in [-0.39, 0.29) is 10.5 Å². The van der Waals surface area contributed by atoms with Gasteiger partial charge in [0.25, 0.3) is 0 Å². The lowest BCUT2D eigenvalue weighted by molar-refractivity contribution is 0.160. The predicted molar refractivity (Wildman–Crippen MR) is 114 cm³/mol. The molecule has 3 nitrogen and oxygen atoms in total. The van der Waals surface area contributed by atoms with Crippen molar-refractivity contribution < 1.29 is 14.2 Å². The molecule has 3 aliphatic rings. The average molecular weight is 422 g/mol. The van der Waals surface area contributed by atoms with E-state index in [0.29, 0.717) is 18.3 Å². The van der Waals surface area contributed by atoms with Crippen molar-refractivity contribution in [3.63, 3.8) is 0 Å². The Balaban J connectivity index is 1.49. The fourth-order valence-electron chi connectivity index (χ4n) is 4.04. The number of benzene rings is 1. The number of nitrogens with zero attached hydrogens (tertiary/aromatic N) is 1. The summed E-state index contributed by atoms with van der Waals surface area (Å²) in [5.41, 5.74) is 2.01. The monoisotopic (exact) mass is 421 g/mol. The highest BCUT2D eigenvalue weighted by Crippen LogP contribution is 2.48. The lowest BCUT2D eigenvalue weighted by atomic mass is 9.94. The number of fused-ring (bicyclic) bond motifs is 1. The highest BCUT2D eigenvalue weighted by Gasteiger charge is 2.28. The first-order valence-electron chi connectivity index (χ1n) is 9.89. The van der Waals surface area contributed by atoms with Gasteiger partial charge >= 0.3 is 0 Å². The molecule has 1 unspecified atom stereocenters. The number of allylic oxidation sites excluding steroid dienone is 2. The standard InChI is InChI=1S/C22H25ClFNO2S/c23-21-6-5-19-22(28-21)18(17-4-3-16(24)14-20(17)27-19)2-1-10-25-11-7-15(8-12-25)9-13-26/h2-6,14-15,21,26H,1,7-13H2. The molecule has 1 fully saturated rings. The zero-order valence-electron chi connectivity index (χ0n) is 15.7. The fraction of sp³-hybridized carbons (Fsp3) is 0.455. The van der Waals surface area contributed by atoms with E-state index in [2.05, 4.69) is 11.0 Å². The number of rotatable bonds is 5. The van der Waals surface area contributed by atoms with Gasteiger partial charge in [-0.15, -0.1) is 11.6 Å². The first-order valence-corrected chi connectivity index (χ1v) is 11.2. The highest BCUT2D eigenvalue weighted by atomic mass is 35.5. The van der Waals surface area contributed by atoms with Crippen LogP contribution in [-0.4, -0.2) is 41.0 Å². The summed E-state index contributed by atoms with van der Waals surface area (Å²) in [5.74, 6) is 1.68. The highest BCUT2D eigenvalue weighted by molar-refractivity contribution is 8.05. The lowest BCUT2D eigenvalue weighted by Gasteiger charge is -2.31. The molecule has 3 aliphatic heterocycles. The number of thioether (sulfide) groups is 1. The van der Waals surface area contributed by atoms with Crippen LogP contribution in [0.2, 0.25) is 0 Å². The molecule has 3 heterocycles. The molecular formula is C22H25ClFNO2S. The van der Waals surface area contributed by atoms with Crippen molar-refractivity contribution in [2.24, 2.45) is 5.92 Å². The van der Waals surface area contributed by atoms with E-state index in [0.717, 1.165) is 67.1 Å². The smallest absolute Gasteiger partial charge is 0.141 e. The molecule has 1 atom stereocenters. The van der Waals surface area contributed by atoms with Crippen LogP contribution < -0.4 is 4.74 Å². The van der Waals surface area contributed by atoms with Crippen molar-refractivity contribution in [3.8, 4) is 5.75 Å². The Kier molecular flexibility index (Phi) is 6.46. The largest absolute Gasteiger partial charge is 0.455 e. The van der Waals surface area contributed by atoms with Crippen molar-refractivity contribution in [1.82, 2.24) is 4.90 Å². The van der Waals surface area contributed by atoms with E-state index in [4.69, 9.17) is 21.4 Å². The van der Waals surface area contributed by atoms with E-state index in [1.807, 2.05) is 12.2 Å². The molecule has 0 radical (unpaired) electrons. The summed E-state index contributed by atoms with van der Waals surface area (Å²) >= 11 is 7.89. The van der Waals surface area contributed by atoms with E-state index >= 15 is 0 Å². The van der Waals surface area contributed by atoms with Crippen LogP contribution in [0.25, 0.3) is 5.57 Å². The molecule has 150 valence electrons. The number of halogens is 2. The van der Waals surface area contributed by atoms with E-state index in [1.54, 1.807) is 17.8 Å². The van der Waals surface area contributed by atoms with Gasteiger partial charge in [0.05, 0.1) is 4.91 Å². The maximum absolute atomic E-state index is 13.7. The van der Waals surface area contributed by atoms with Crippen LogP contribution >= 0.6 is 23.4 Å². The van der Waals surface area contributed by atoms with Crippen molar-refractivity contribution in [3.05, 3.63) is 58.5 Å². The van der Waals surface area contributed by atoms with Gasteiger partial charge in [-0.25, -0.2) is 4.39 Å². The maximum atomic E-state index is 13.7. The van der Waals surface area contributed by atoms with Crippen molar-refractivity contribution in [1.29, 1.82) is 0 Å². The number of piperidine rings is 1. The third kappa shape index (κ3) is 4.48. The Labute approximate surface area is 174 Å². The number of ether oxygens (including phenoxy) is 1. The van der Waals surface area contributed by atoms with Crippen LogP contribution in [0, 0.1) is 11.7 Å². The number of aliphatic hydroxyl groups is 1. The normalized spacial score (nSPS) is 24.2. The molecule has 0 aliphatic carbocycles. The summed E-state index contributed by atoms with van der Waals surface area (Å²) in [7, 11) is 0. The number of hydrogen-bond acceptors (Lipinski definition) is 4. The summed E-state index contributed by atoms with van der Waals surface area (Å²) in [6.07, 6.45) is 10.2. The zero-order chi connectivity index (χ0) is 19.5. The first kappa shape index (κ1) is 20.0. The Hall–Kier alpha value is -1.27. The van der Waals surface area contributed by atoms with Crippen molar-refractivity contribution in [2.75, 3.05) is 26.2 Å². The maximum Gasteiger partial charge on any atom is 0.141 e. The molecule has 1 N–H and O–H groups in total. The molecule has 0 spiro atoms. The summed E-state index contributed by atoms with van der Waals surface area (Å²) < 4.78 is 19.5. The van der Waals surface area contributed by atoms with Gasteiger partial charge in [-0.2, -0.15) is 0 Å². The average Bonchev–Trinajstić information content (AvgIpc) is 2.69. The van der Waals surface area contributed by atoms with Crippen LogP contribution in [0.5, 0.6) is 5.75 Å². The molecule has 0 amide bonds. The topological polar surface area (TPSA) is 32.7 Å². The van der Waals surface area contributed by atoms with Crippen LogP contribution in [-0.2, 0) is 0 Å². The summed E-state index contributed by atoms with van der Waals surface area (Å²) in [6, 6.07) is 4.72. The van der Waals surface area contributed by atoms with Gasteiger partial charge in [0, 0.05) is 24.8 Å². The van der Waals surface area contributed by atoms with Gasteiger partial charge in [0.1, 0.15) is 22.0 Å².